The van der Waals surface area contributed by atoms with E-state index >= 15 is 0 Å². The van der Waals surface area contributed by atoms with Crippen LogP contribution in [0.1, 0.15) is 41.8 Å². The van der Waals surface area contributed by atoms with Gasteiger partial charge in [-0.2, -0.15) is 5.10 Å². The Morgan fingerprint density at radius 3 is 2.64 bits per heavy atom. The van der Waals surface area contributed by atoms with Crippen molar-refractivity contribution >= 4 is 18.0 Å². The van der Waals surface area contributed by atoms with Crippen molar-refractivity contribution in [3.63, 3.8) is 0 Å². The molecule has 0 aliphatic heterocycles. The minimum Gasteiger partial charge on any atom is -0.493 e. The van der Waals surface area contributed by atoms with Crippen LogP contribution in [-0.2, 0) is 4.79 Å². The number of carbonyl (C=O) groups is 2. The number of methoxy groups -OCH3 is 2. The Hall–Kier alpha value is -3.29. The highest BCUT2D eigenvalue weighted by atomic mass is 16.5. The highest BCUT2D eigenvalue weighted by Gasteiger charge is 2.10. The van der Waals surface area contributed by atoms with E-state index in [0.717, 1.165) is 12.8 Å². The van der Waals surface area contributed by atoms with Gasteiger partial charge in [0.05, 0.1) is 26.7 Å². The summed E-state index contributed by atoms with van der Waals surface area (Å²) in [5.41, 5.74) is 2.96. The summed E-state index contributed by atoms with van der Waals surface area (Å²) in [6.45, 7) is 0.533. The van der Waals surface area contributed by atoms with Crippen LogP contribution >= 0.6 is 0 Å². The van der Waals surface area contributed by atoms with Crippen LogP contribution in [0.5, 0.6) is 11.5 Å². The molecule has 2 aromatic rings. The fourth-order valence-corrected chi connectivity index (χ4v) is 2.46. The fraction of sp³-hybridized carbons (Fsp3) is 0.350. The van der Waals surface area contributed by atoms with Gasteiger partial charge in [-0.15, -0.1) is 0 Å². The molecule has 0 radical (unpaired) electrons. The summed E-state index contributed by atoms with van der Waals surface area (Å²) in [4.78, 5) is 23.8. The van der Waals surface area contributed by atoms with Gasteiger partial charge in [-0.3, -0.25) is 9.59 Å². The average Bonchev–Trinajstić information content (AvgIpc) is 3.23. The van der Waals surface area contributed by atoms with Crippen molar-refractivity contribution in [1.29, 1.82) is 0 Å². The maximum atomic E-state index is 12.2. The predicted octanol–water partition coefficient (Wildman–Crippen LogP) is 2.74. The van der Waals surface area contributed by atoms with Gasteiger partial charge in [-0.05, 0) is 43.2 Å². The number of hydrogen-bond acceptors (Lipinski definition) is 6. The van der Waals surface area contributed by atoms with E-state index < -0.39 is 0 Å². The second-order valence-corrected chi connectivity index (χ2v) is 5.94. The summed E-state index contributed by atoms with van der Waals surface area (Å²) >= 11 is 0. The number of ether oxygens (including phenoxy) is 2. The highest BCUT2D eigenvalue weighted by Crippen LogP contribution is 2.27. The summed E-state index contributed by atoms with van der Waals surface area (Å²) in [6.07, 6.45) is 5.67. The van der Waals surface area contributed by atoms with Gasteiger partial charge in [0.25, 0.3) is 5.91 Å². The fourth-order valence-electron chi connectivity index (χ4n) is 2.46. The number of carbonyl (C=O) groups excluding carboxylic acids is 2. The number of hydrazone groups is 1. The first-order valence-corrected chi connectivity index (χ1v) is 8.99. The van der Waals surface area contributed by atoms with E-state index in [1.165, 1.54) is 19.6 Å². The van der Waals surface area contributed by atoms with Gasteiger partial charge in [-0.1, -0.05) is 6.42 Å². The molecule has 2 amide bonds. The van der Waals surface area contributed by atoms with Crippen molar-refractivity contribution in [2.75, 3.05) is 20.8 Å². The minimum atomic E-state index is -0.175. The smallest absolute Gasteiger partial charge is 0.251 e. The molecule has 0 aliphatic rings. The van der Waals surface area contributed by atoms with E-state index in [4.69, 9.17) is 13.9 Å². The van der Waals surface area contributed by atoms with Crippen molar-refractivity contribution in [2.45, 2.75) is 25.7 Å². The molecule has 0 bridgehead atoms. The Balaban J connectivity index is 1.59. The molecule has 0 fully saturated rings. The highest BCUT2D eigenvalue weighted by molar-refractivity contribution is 5.94. The van der Waals surface area contributed by atoms with Crippen LogP contribution in [0.25, 0.3) is 0 Å². The van der Waals surface area contributed by atoms with Gasteiger partial charge in [0.15, 0.2) is 11.5 Å². The summed E-state index contributed by atoms with van der Waals surface area (Å²) in [7, 11) is 3.07. The largest absolute Gasteiger partial charge is 0.493 e. The second-order valence-electron chi connectivity index (χ2n) is 5.94. The first kappa shape index (κ1) is 21.0. The number of nitrogens with zero attached hydrogens (tertiary/aromatic N) is 1. The average molecular weight is 387 g/mol. The van der Waals surface area contributed by atoms with E-state index in [9.17, 15) is 9.59 Å². The molecule has 150 valence electrons. The lowest BCUT2D eigenvalue weighted by atomic mass is 10.1. The van der Waals surface area contributed by atoms with Gasteiger partial charge < -0.3 is 19.2 Å². The van der Waals surface area contributed by atoms with E-state index in [-0.39, 0.29) is 11.8 Å². The summed E-state index contributed by atoms with van der Waals surface area (Å²) < 4.78 is 15.4. The Morgan fingerprint density at radius 2 is 1.93 bits per heavy atom. The quantitative estimate of drug-likeness (QED) is 0.351. The topological polar surface area (TPSA) is 102 Å². The third-order valence-electron chi connectivity index (χ3n) is 3.94. The number of rotatable bonds is 11. The standard InChI is InChI=1S/C20H25N3O5/c1-26-17-10-9-15(13-18(17)27-2)20(25)21-11-5-3-4-8-19(24)23-22-14-16-7-6-12-28-16/h6-7,9-10,12-14H,3-5,8,11H2,1-2H3,(H,21,25)(H,23,24)/b22-14-. The normalized spacial score (nSPS) is 10.6. The molecule has 0 saturated carbocycles. The lowest BCUT2D eigenvalue weighted by Gasteiger charge is -2.10. The lowest BCUT2D eigenvalue weighted by molar-refractivity contribution is -0.121. The van der Waals surface area contributed by atoms with E-state index in [1.807, 2.05) is 0 Å². The Kier molecular flexibility index (Phi) is 8.58. The molecule has 1 aromatic heterocycles. The van der Waals surface area contributed by atoms with E-state index in [1.54, 1.807) is 37.4 Å². The molecule has 0 saturated heterocycles. The van der Waals surface area contributed by atoms with Crippen molar-refractivity contribution in [3.05, 3.63) is 47.9 Å². The Bertz CT molecular complexity index is 787. The Labute approximate surface area is 163 Å². The molecule has 1 heterocycles. The van der Waals surface area contributed by atoms with Gasteiger partial charge >= 0.3 is 0 Å². The zero-order chi connectivity index (χ0) is 20.2. The first-order valence-electron chi connectivity index (χ1n) is 8.99. The second kappa shape index (κ2) is 11.4. The zero-order valence-electron chi connectivity index (χ0n) is 16.1. The van der Waals surface area contributed by atoms with E-state index in [2.05, 4.69) is 15.8 Å². The molecule has 2 N–H and O–H groups in total. The molecule has 0 aliphatic carbocycles. The van der Waals surface area contributed by atoms with Crippen LogP contribution in [0.15, 0.2) is 46.1 Å². The number of amides is 2. The third kappa shape index (κ3) is 6.79. The van der Waals surface area contributed by atoms with Crippen LogP contribution < -0.4 is 20.2 Å². The first-order chi connectivity index (χ1) is 13.6. The molecule has 0 unspecified atom stereocenters. The monoisotopic (exact) mass is 387 g/mol. The molecule has 2 rings (SSSR count). The minimum absolute atomic E-state index is 0.155. The third-order valence-corrected chi connectivity index (χ3v) is 3.94. The van der Waals surface area contributed by atoms with Crippen molar-refractivity contribution in [2.24, 2.45) is 5.10 Å². The summed E-state index contributed by atoms with van der Waals surface area (Å²) in [6, 6.07) is 8.51. The number of nitrogens with one attached hydrogen (secondary N) is 2. The predicted molar refractivity (Wildman–Crippen MR) is 105 cm³/mol. The van der Waals surface area contributed by atoms with Crippen LogP contribution in [0, 0.1) is 0 Å². The SMILES string of the molecule is COc1ccc(C(=O)NCCCCCC(=O)N/N=C\c2ccco2)cc1OC. The zero-order valence-corrected chi connectivity index (χ0v) is 16.1. The van der Waals surface area contributed by atoms with Gasteiger partial charge in [0.1, 0.15) is 5.76 Å². The van der Waals surface area contributed by atoms with Gasteiger partial charge in [0, 0.05) is 18.5 Å². The van der Waals surface area contributed by atoms with Crippen molar-refractivity contribution in [1.82, 2.24) is 10.7 Å². The lowest BCUT2D eigenvalue weighted by Crippen LogP contribution is -2.24. The molecule has 0 spiro atoms. The summed E-state index contributed by atoms with van der Waals surface area (Å²) in [5, 5.41) is 6.67. The molecule has 1 aromatic carbocycles. The number of furan rings is 1. The molecular formula is C20H25N3O5. The number of unbranched alkanes of at least 4 members (excludes halogenated alkanes) is 2. The maximum absolute atomic E-state index is 12.2. The maximum Gasteiger partial charge on any atom is 0.251 e. The van der Waals surface area contributed by atoms with E-state index in [0.29, 0.717) is 42.2 Å². The van der Waals surface area contributed by atoms with Crippen LogP contribution in [0.2, 0.25) is 0 Å². The number of benzene rings is 1. The molecule has 8 heteroatoms. The number of hydrogen-bond donors (Lipinski definition) is 2. The molecule has 8 nitrogen and oxygen atoms in total. The van der Waals surface area contributed by atoms with Gasteiger partial charge in [0.2, 0.25) is 5.91 Å². The van der Waals surface area contributed by atoms with Crippen LogP contribution in [0.4, 0.5) is 0 Å². The summed E-state index contributed by atoms with van der Waals surface area (Å²) in [5.74, 6) is 1.33. The molecule has 0 atom stereocenters. The van der Waals surface area contributed by atoms with Crippen LogP contribution in [-0.4, -0.2) is 38.8 Å². The van der Waals surface area contributed by atoms with Crippen molar-refractivity contribution in [3.8, 4) is 11.5 Å². The van der Waals surface area contributed by atoms with Crippen molar-refractivity contribution < 1.29 is 23.5 Å². The molecular weight excluding hydrogens is 362 g/mol. The molecule has 28 heavy (non-hydrogen) atoms. The van der Waals surface area contributed by atoms with Crippen LogP contribution in [0.3, 0.4) is 0 Å². The Morgan fingerprint density at radius 1 is 1.11 bits per heavy atom. The van der Waals surface area contributed by atoms with Gasteiger partial charge in [-0.25, -0.2) is 5.43 Å².